The second-order valence-corrected chi connectivity index (χ2v) is 6.39. The molecule has 0 N–H and O–H groups in total. The van der Waals surface area contributed by atoms with Crippen LogP contribution in [0, 0.1) is 11.7 Å². The SMILES string of the molecule is CC(C)COC(=O)[Te]c1ccc(F)cc1. The third-order valence-electron chi connectivity index (χ3n) is 1.55. The summed E-state index contributed by atoms with van der Waals surface area (Å²) in [5.41, 5.74) is 0. The monoisotopic (exact) mass is 326 g/mol. The van der Waals surface area contributed by atoms with E-state index in [2.05, 4.69) is 0 Å². The van der Waals surface area contributed by atoms with Crippen molar-refractivity contribution >= 4 is 28.6 Å². The Morgan fingerprint density at radius 2 is 2.00 bits per heavy atom. The van der Waals surface area contributed by atoms with Gasteiger partial charge in [0.1, 0.15) is 0 Å². The van der Waals surface area contributed by atoms with Crippen LogP contribution in [-0.2, 0) is 4.74 Å². The molecule has 0 amide bonds. The summed E-state index contributed by atoms with van der Waals surface area (Å²) >= 11 is -0.992. The average molecular weight is 324 g/mol. The van der Waals surface area contributed by atoms with E-state index in [9.17, 15) is 9.18 Å². The van der Waals surface area contributed by atoms with Crippen LogP contribution >= 0.6 is 0 Å². The van der Waals surface area contributed by atoms with E-state index in [0.717, 1.165) is 3.61 Å². The van der Waals surface area contributed by atoms with Crippen LogP contribution in [0.15, 0.2) is 24.3 Å². The minimum atomic E-state index is -0.992. The molecule has 0 saturated heterocycles. The van der Waals surface area contributed by atoms with Crippen LogP contribution in [0.2, 0.25) is 0 Å². The molecule has 1 aromatic carbocycles. The Balaban J connectivity index is 2.41. The molecule has 1 rings (SSSR count). The molecule has 0 heterocycles. The maximum atomic E-state index is 12.6. The van der Waals surface area contributed by atoms with Gasteiger partial charge in [-0.05, 0) is 0 Å². The second kappa shape index (κ2) is 6.09. The average Bonchev–Trinajstić information content (AvgIpc) is 2.19. The molecule has 0 aromatic heterocycles. The van der Waals surface area contributed by atoms with Crippen molar-refractivity contribution in [2.75, 3.05) is 6.61 Å². The van der Waals surface area contributed by atoms with Gasteiger partial charge in [0, 0.05) is 0 Å². The van der Waals surface area contributed by atoms with Crippen molar-refractivity contribution in [2.45, 2.75) is 13.8 Å². The molecule has 0 unspecified atom stereocenters. The summed E-state index contributed by atoms with van der Waals surface area (Å²) in [6.45, 7) is 4.45. The van der Waals surface area contributed by atoms with Crippen molar-refractivity contribution in [3.8, 4) is 0 Å². The van der Waals surface area contributed by atoms with Crippen molar-refractivity contribution in [1.29, 1.82) is 0 Å². The van der Waals surface area contributed by atoms with E-state index in [0.29, 0.717) is 12.5 Å². The third-order valence-corrected chi connectivity index (χ3v) is 3.81. The molecule has 0 radical (unpaired) electrons. The molecule has 0 aliphatic heterocycles. The van der Waals surface area contributed by atoms with Gasteiger partial charge in [-0.1, -0.05) is 0 Å². The normalized spacial score (nSPS) is 10.4. The fourth-order valence-corrected chi connectivity index (χ4v) is 2.55. The van der Waals surface area contributed by atoms with Crippen molar-refractivity contribution in [1.82, 2.24) is 0 Å². The number of carbonyl (C=O) groups excluding carboxylic acids is 1. The number of ether oxygens (including phenoxy) is 1. The summed E-state index contributed by atoms with van der Waals surface area (Å²) < 4.78 is 18.4. The van der Waals surface area contributed by atoms with Gasteiger partial charge in [0.15, 0.2) is 0 Å². The zero-order valence-electron chi connectivity index (χ0n) is 8.70. The van der Waals surface area contributed by atoms with Gasteiger partial charge in [-0.15, -0.1) is 0 Å². The third kappa shape index (κ3) is 5.15. The van der Waals surface area contributed by atoms with Crippen LogP contribution in [0.25, 0.3) is 0 Å². The van der Waals surface area contributed by atoms with Gasteiger partial charge in [-0.3, -0.25) is 0 Å². The maximum absolute atomic E-state index is 12.6. The first-order valence-corrected chi connectivity index (χ1v) is 7.01. The topological polar surface area (TPSA) is 26.3 Å². The van der Waals surface area contributed by atoms with Crippen LogP contribution in [0.5, 0.6) is 0 Å². The number of carbonyl (C=O) groups is 1. The van der Waals surface area contributed by atoms with E-state index in [1.54, 1.807) is 12.1 Å². The molecule has 0 fully saturated rings. The second-order valence-electron chi connectivity index (χ2n) is 3.51. The molecule has 1 aromatic rings. The molecular weight excluding hydrogens is 311 g/mol. The van der Waals surface area contributed by atoms with E-state index in [-0.39, 0.29) is 9.83 Å². The zero-order chi connectivity index (χ0) is 11.3. The van der Waals surface area contributed by atoms with Crippen molar-refractivity contribution < 1.29 is 13.9 Å². The molecular formula is C11H13FO2Te. The van der Waals surface area contributed by atoms with Gasteiger partial charge in [0.05, 0.1) is 0 Å². The van der Waals surface area contributed by atoms with Crippen LogP contribution < -0.4 is 3.61 Å². The fraction of sp³-hybridized carbons (Fsp3) is 0.364. The fourth-order valence-electron chi connectivity index (χ4n) is 0.863. The number of halogens is 1. The van der Waals surface area contributed by atoms with E-state index < -0.39 is 20.9 Å². The summed E-state index contributed by atoms with van der Waals surface area (Å²) in [5, 5.41) is 0. The molecule has 0 atom stereocenters. The molecule has 0 spiro atoms. The van der Waals surface area contributed by atoms with Gasteiger partial charge < -0.3 is 0 Å². The van der Waals surface area contributed by atoms with Crippen molar-refractivity contribution in [3.63, 3.8) is 0 Å². The van der Waals surface area contributed by atoms with Crippen LogP contribution in [0.1, 0.15) is 13.8 Å². The van der Waals surface area contributed by atoms with Gasteiger partial charge in [-0.2, -0.15) is 0 Å². The standard InChI is InChI=1S/C11H13FO2Te/c1-8(2)7-14-11(13)15-10-5-3-9(12)4-6-10/h3-6,8H,7H2,1-2H3. The van der Waals surface area contributed by atoms with E-state index in [1.807, 2.05) is 13.8 Å². The van der Waals surface area contributed by atoms with Gasteiger partial charge in [0.2, 0.25) is 0 Å². The summed E-state index contributed by atoms with van der Waals surface area (Å²) in [5.74, 6) is 0.0800. The Morgan fingerprint density at radius 1 is 1.40 bits per heavy atom. The molecule has 2 nitrogen and oxygen atoms in total. The summed E-state index contributed by atoms with van der Waals surface area (Å²) in [4.78, 5) is 11.3. The molecule has 82 valence electrons. The summed E-state index contributed by atoms with van der Waals surface area (Å²) in [6.07, 6.45) is 0. The Kier molecular flexibility index (Phi) is 5.07. The zero-order valence-corrected chi connectivity index (χ0v) is 11.0. The van der Waals surface area contributed by atoms with E-state index >= 15 is 0 Å². The predicted molar refractivity (Wildman–Crippen MR) is 58.0 cm³/mol. The Bertz CT molecular complexity index is 322. The van der Waals surface area contributed by atoms with Gasteiger partial charge >= 0.3 is 98.9 Å². The summed E-state index contributed by atoms with van der Waals surface area (Å²) in [6, 6.07) is 6.04. The molecule has 0 aliphatic rings. The number of hydrogen-bond donors (Lipinski definition) is 0. The number of rotatable bonds is 4. The molecule has 0 bridgehead atoms. The molecule has 15 heavy (non-hydrogen) atoms. The van der Waals surface area contributed by atoms with E-state index in [1.165, 1.54) is 12.1 Å². The number of hydrogen-bond acceptors (Lipinski definition) is 2. The first-order valence-electron chi connectivity index (χ1n) is 4.68. The Hall–Kier alpha value is -0.590. The van der Waals surface area contributed by atoms with Crippen LogP contribution in [-0.4, -0.2) is 31.5 Å². The minimum absolute atomic E-state index is 0.138. The molecule has 0 saturated carbocycles. The first-order chi connectivity index (χ1) is 7.08. The van der Waals surface area contributed by atoms with Crippen LogP contribution in [0.3, 0.4) is 0 Å². The Labute approximate surface area is 98.9 Å². The quantitative estimate of drug-likeness (QED) is 0.792. The molecule has 0 aliphatic carbocycles. The first kappa shape index (κ1) is 12.5. The number of benzene rings is 1. The van der Waals surface area contributed by atoms with E-state index in [4.69, 9.17) is 4.74 Å². The Morgan fingerprint density at radius 3 is 2.53 bits per heavy atom. The van der Waals surface area contributed by atoms with Crippen molar-refractivity contribution in [3.05, 3.63) is 30.1 Å². The van der Waals surface area contributed by atoms with Crippen LogP contribution in [0.4, 0.5) is 9.18 Å². The van der Waals surface area contributed by atoms with Gasteiger partial charge in [-0.25, -0.2) is 0 Å². The van der Waals surface area contributed by atoms with Crippen molar-refractivity contribution in [2.24, 2.45) is 5.92 Å². The summed E-state index contributed by atoms with van der Waals surface area (Å²) in [7, 11) is 0. The molecule has 4 heteroatoms. The predicted octanol–water partition coefficient (Wildman–Crippen LogP) is 1.95. The van der Waals surface area contributed by atoms with Gasteiger partial charge in [0.25, 0.3) is 0 Å².